The first-order chi connectivity index (χ1) is 8.09. The van der Waals surface area contributed by atoms with Crippen LogP contribution in [0.2, 0.25) is 0 Å². The maximum absolute atomic E-state index is 11.5. The summed E-state index contributed by atoms with van der Waals surface area (Å²) in [5.41, 5.74) is 5.10. The molecule has 0 aromatic carbocycles. The van der Waals surface area contributed by atoms with Crippen LogP contribution in [-0.2, 0) is 4.79 Å². The van der Waals surface area contributed by atoms with Crippen LogP contribution in [0.15, 0.2) is 0 Å². The fourth-order valence-electron chi connectivity index (χ4n) is 2.52. The Kier molecular flexibility index (Phi) is 3.81. The monoisotopic (exact) mass is 257 g/mol. The highest BCUT2D eigenvalue weighted by Gasteiger charge is 2.45. The van der Waals surface area contributed by atoms with Crippen molar-refractivity contribution in [2.24, 2.45) is 5.73 Å². The van der Waals surface area contributed by atoms with E-state index in [-0.39, 0.29) is 18.0 Å². The second-order valence-corrected chi connectivity index (χ2v) is 6.01. The number of fused-ring (bicyclic) bond motifs is 1. The molecule has 2 aliphatic heterocycles. The number of nitrogens with zero attached hydrogens (tertiary/aromatic N) is 1. The van der Waals surface area contributed by atoms with Crippen LogP contribution in [0.5, 0.6) is 0 Å². The van der Waals surface area contributed by atoms with Crippen LogP contribution in [0.1, 0.15) is 25.7 Å². The zero-order valence-electron chi connectivity index (χ0n) is 10.0. The minimum Gasteiger partial charge on any atom is -0.370 e. The summed E-state index contributed by atoms with van der Waals surface area (Å²) in [5, 5.41) is 3.53. The van der Waals surface area contributed by atoms with Gasteiger partial charge in [0.2, 0.25) is 5.91 Å². The number of hydrogen-bond acceptors (Lipinski definition) is 3. The van der Waals surface area contributed by atoms with Crippen LogP contribution in [0, 0.1) is 0 Å². The quantitative estimate of drug-likeness (QED) is 0.557. The summed E-state index contributed by atoms with van der Waals surface area (Å²) in [6.07, 6.45) is 3.38. The zero-order chi connectivity index (χ0) is 12.4. The lowest BCUT2D eigenvalue weighted by Gasteiger charge is -2.17. The molecule has 0 aromatic rings. The Hall–Kier alpha value is -0.910. The van der Waals surface area contributed by atoms with Crippen LogP contribution >= 0.6 is 11.8 Å². The summed E-state index contributed by atoms with van der Waals surface area (Å²) in [4.78, 5) is 23.9. The van der Waals surface area contributed by atoms with Gasteiger partial charge in [0.25, 0.3) is 0 Å². The van der Waals surface area contributed by atoms with Crippen LogP contribution in [0.4, 0.5) is 4.79 Å². The summed E-state index contributed by atoms with van der Waals surface area (Å²) >= 11 is 1.93. The van der Waals surface area contributed by atoms with E-state index in [1.807, 2.05) is 18.8 Å². The van der Waals surface area contributed by atoms with E-state index in [0.29, 0.717) is 17.7 Å². The Balaban J connectivity index is 1.76. The number of amides is 3. The number of primary amides is 1. The first kappa shape index (κ1) is 12.5. The molecule has 6 heteroatoms. The molecule has 2 unspecified atom stereocenters. The first-order valence-corrected chi connectivity index (χ1v) is 7.07. The van der Waals surface area contributed by atoms with E-state index >= 15 is 0 Å². The minimum absolute atomic E-state index is 0.0439. The van der Waals surface area contributed by atoms with Gasteiger partial charge in [0, 0.05) is 24.5 Å². The van der Waals surface area contributed by atoms with Gasteiger partial charge in [-0.1, -0.05) is 6.42 Å². The molecule has 0 aliphatic carbocycles. The smallest absolute Gasteiger partial charge is 0.317 e. The maximum atomic E-state index is 11.5. The number of rotatable bonds is 5. The van der Waals surface area contributed by atoms with Gasteiger partial charge in [-0.25, -0.2) is 4.79 Å². The molecule has 0 radical (unpaired) electrons. The second-order valence-electron chi connectivity index (χ2n) is 4.74. The predicted octanol–water partition coefficient (Wildman–Crippen LogP) is 0.540. The molecule has 2 heterocycles. The van der Waals surface area contributed by atoms with E-state index in [1.165, 1.54) is 0 Å². The Morgan fingerprint density at radius 2 is 2.35 bits per heavy atom. The largest absolute Gasteiger partial charge is 0.370 e. The van der Waals surface area contributed by atoms with Gasteiger partial charge in [-0.2, -0.15) is 11.8 Å². The molecular weight excluding hydrogens is 238 g/mol. The van der Waals surface area contributed by atoms with Gasteiger partial charge in [0.15, 0.2) is 0 Å². The number of hydrogen-bond donors (Lipinski definition) is 2. The molecule has 2 saturated heterocycles. The van der Waals surface area contributed by atoms with Crippen molar-refractivity contribution in [1.82, 2.24) is 10.2 Å². The average Bonchev–Trinajstić information content (AvgIpc) is 2.77. The molecule has 0 bridgehead atoms. The SMILES string of the molecule is CN1C(=O)NC2C1CS[C@H]2CCCCC(N)=O. The summed E-state index contributed by atoms with van der Waals surface area (Å²) in [5.74, 6) is 0.788. The van der Waals surface area contributed by atoms with Crippen LogP contribution in [0.3, 0.4) is 0 Å². The zero-order valence-corrected chi connectivity index (χ0v) is 10.8. The highest BCUT2D eigenvalue weighted by Crippen LogP contribution is 2.36. The van der Waals surface area contributed by atoms with E-state index in [2.05, 4.69) is 5.32 Å². The van der Waals surface area contributed by atoms with Gasteiger partial charge in [-0.3, -0.25) is 4.79 Å². The molecular formula is C11H19N3O2S. The predicted molar refractivity (Wildman–Crippen MR) is 67.8 cm³/mol. The fourth-order valence-corrected chi connectivity index (χ4v) is 4.19. The lowest BCUT2D eigenvalue weighted by molar-refractivity contribution is -0.118. The van der Waals surface area contributed by atoms with Gasteiger partial charge in [0.1, 0.15) is 0 Å². The van der Waals surface area contributed by atoms with E-state index < -0.39 is 0 Å². The van der Waals surface area contributed by atoms with E-state index in [0.717, 1.165) is 25.0 Å². The highest BCUT2D eigenvalue weighted by atomic mass is 32.2. The molecule has 0 aromatic heterocycles. The third kappa shape index (κ3) is 2.68. The second kappa shape index (κ2) is 5.16. The summed E-state index contributed by atoms with van der Waals surface area (Å²) in [7, 11) is 1.86. The molecule has 2 fully saturated rings. The van der Waals surface area contributed by atoms with Crippen molar-refractivity contribution in [1.29, 1.82) is 0 Å². The average molecular weight is 257 g/mol. The van der Waals surface area contributed by atoms with Crippen LogP contribution < -0.4 is 11.1 Å². The molecule has 3 amide bonds. The Labute approximate surface area is 105 Å². The van der Waals surface area contributed by atoms with Crippen molar-refractivity contribution < 1.29 is 9.59 Å². The number of nitrogens with two attached hydrogens (primary N) is 1. The van der Waals surface area contributed by atoms with Crippen molar-refractivity contribution in [2.45, 2.75) is 43.0 Å². The Bertz CT molecular complexity index is 324. The minimum atomic E-state index is -0.226. The van der Waals surface area contributed by atoms with Gasteiger partial charge in [-0.05, 0) is 12.8 Å². The number of likely N-dealkylation sites (N-methyl/N-ethyl adjacent to an activating group) is 1. The van der Waals surface area contributed by atoms with Crippen molar-refractivity contribution in [2.75, 3.05) is 12.8 Å². The van der Waals surface area contributed by atoms with Crippen LogP contribution in [-0.4, -0.2) is 47.0 Å². The third-order valence-corrected chi connectivity index (χ3v) is 5.06. The highest BCUT2D eigenvalue weighted by molar-refractivity contribution is 8.00. The molecule has 3 atom stereocenters. The fraction of sp³-hybridized carbons (Fsp3) is 0.818. The normalized spacial score (nSPS) is 31.5. The molecule has 17 heavy (non-hydrogen) atoms. The van der Waals surface area contributed by atoms with Gasteiger partial charge < -0.3 is 16.0 Å². The number of urea groups is 1. The summed E-state index contributed by atoms with van der Waals surface area (Å²) in [6, 6.07) is 0.669. The van der Waals surface area contributed by atoms with E-state index in [4.69, 9.17) is 5.73 Å². The first-order valence-electron chi connectivity index (χ1n) is 6.03. The number of carbonyl (C=O) groups is 2. The molecule has 5 nitrogen and oxygen atoms in total. The molecule has 96 valence electrons. The lowest BCUT2D eigenvalue weighted by Crippen LogP contribution is -2.37. The van der Waals surface area contributed by atoms with Gasteiger partial charge in [-0.15, -0.1) is 0 Å². The number of nitrogens with one attached hydrogen (secondary N) is 1. The van der Waals surface area contributed by atoms with Crippen LogP contribution in [0.25, 0.3) is 0 Å². The maximum Gasteiger partial charge on any atom is 0.317 e. The van der Waals surface area contributed by atoms with Crippen molar-refractivity contribution in [3.63, 3.8) is 0 Å². The molecule has 2 aliphatic rings. The van der Waals surface area contributed by atoms with Crippen molar-refractivity contribution in [3.05, 3.63) is 0 Å². The van der Waals surface area contributed by atoms with E-state index in [1.54, 1.807) is 4.90 Å². The molecule has 2 rings (SSSR count). The lowest BCUT2D eigenvalue weighted by atomic mass is 10.0. The van der Waals surface area contributed by atoms with Crippen molar-refractivity contribution >= 4 is 23.7 Å². The summed E-state index contributed by atoms with van der Waals surface area (Å²) in [6.45, 7) is 0. The topological polar surface area (TPSA) is 75.4 Å². The number of thioether (sulfide) groups is 1. The van der Waals surface area contributed by atoms with Gasteiger partial charge >= 0.3 is 6.03 Å². The number of carbonyl (C=O) groups excluding carboxylic acids is 2. The third-order valence-electron chi connectivity index (χ3n) is 3.57. The Morgan fingerprint density at radius 3 is 3.06 bits per heavy atom. The van der Waals surface area contributed by atoms with Crippen molar-refractivity contribution in [3.8, 4) is 0 Å². The number of unbranched alkanes of at least 4 members (excludes halogenated alkanes) is 1. The van der Waals surface area contributed by atoms with E-state index in [9.17, 15) is 9.59 Å². The Morgan fingerprint density at radius 1 is 1.59 bits per heavy atom. The van der Waals surface area contributed by atoms with Gasteiger partial charge in [0.05, 0.1) is 12.1 Å². The molecule has 3 N–H and O–H groups in total. The standard InChI is InChI=1S/C11H19N3O2S/c1-14-7-6-17-8(10(7)13-11(14)16)4-2-3-5-9(12)15/h7-8,10H,2-6H2,1H3,(H2,12,15)(H,13,16)/t7?,8-,10?/m0/s1. The molecule has 0 spiro atoms. The molecule has 0 saturated carbocycles. The summed E-state index contributed by atoms with van der Waals surface area (Å²) < 4.78 is 0.